The molecule has 2 heterocycles. The first-order chi connectivity index (χ1) is 27.3. The van der Waals surface area contributed by atoms with Gasteiger partial charge in [-0.05, 0) is 65.4 Å². The van der Waals surface area contributed by atoms with E-state index in [9.17, 15) is 14.7 Å². The summed E-state index contributed by atoms with van der Waals surface area (Å²) in [5.41, 5.74) is 4.02. The zero-order valence-corrected chi connectivity index (χ0v) is 32.0. The minimum Gasteiger partial charge on any atom is -0.497 e. The lowest BCUT2D eigenvalue weighted by atomic mass is 9.77. The maximum absolute atomic E-state index is 13.1. The lowest BCUT2D eigenvalue weighted by Crippen LogP contribution is -2.60. The van der Waals surface area contributed by atoms with Gasteiger partial charge >= 0.3 is 6.09 Å². The van der Waals surface area contributed by atoms with Gasteiger partial charge in [0.2, 0.25) is 0 Å². The van der Waals surface area contributed by atoms with Gasteiger partial charge in [-0.25, -0.2) is 4.79 Å². The molecule has 1 N–H and O–H groups in total. The zero-order chi connectivity index (χ0) is 39.1. The van der Waals surface area contributed by atoms with Crippen LogP contribution in [0.5, 0.6) is 11.5 Å². The Balaban J connectivity index is 1.32. The van der Waals surface area contributed by atoms with Gasteiger partial charge < -0.3 is 38.6 Å². The molecule has 2 aliphatic rings. The summed E-state index contributed by atoms with van der Waals surface area (Å²) in [4.78, 5) is 29.2. The first-order valence-electron chi connectivity index (χ1n) is 19.0. The molecule has 5 aromatic carbocycles. The second-order valence-corrected chi connectivity index (χ2v) is 14.2. The number of nitrogens with zero attached hydrogens (tertiary/aromatic N) is 2. The van der Waals surface area contributed by atoms with Gasteiger partial charge in [-0.2, -0.15) is 0 Å². The maximum Gasteiger partial charge on any atom is 0.407 e. The molecular formula is C46H48N2O8. The summed E-state index contributed by atoms with van der Waals surface area (Å²) < 4.78 is 31.1. The van der Waals surface area contributed by atoms with Crippen molar-refractivity contribution in [1.29, 1.82) is 0 Å². The Morgan fingerprint density at radius 3 is 2.00 bits per heavy atom. The van der Waals surface area contributed by atoms with E-state index < -0.39 is 35.9 Å². The second kappa shape index (κ2) is 17.4. The largest absolute Gasteiger partial charge is 0.497 e. The number of methoxy groups -OCH3 is 2. The number of ether oxygens (including phenoxy) is 5. The Morgan fingerprint density at radius 1 is 0.839 bits per heavy atom. The number of fused-ring (bicyclic) bond motifs is 1. The number of benzene rings is 5. The number of amides is 2. The van der Waals surface area contributed by atoms with Crippen LogP contribution in [-0.4, -0.2) is 80.8 Å². The molecule has 0 spiro atoms. The van der Waals surface area contributed by atoms with Crippen molar-refractivity contribution in [2.75, 3.05) is 45.4 Å². The molecule has 7 rings (SSSR count). The van der Waals surface area contributed by atoms with Crippen LogP contribution < -0.4 is 14.4 Å². The van der Waals surface area contributed by atoms with Crippen molar-refractivity contribution in [2.45, 2.75) is 49.7 Å². The fraction of sp³-hybridized carbons (Fsp3) is 0.304. The fourth-order valence-electron chi connectivity index (χ4n) is 8.09. The van der Waals surface area contributed by atoms with Crippen LogP contribution in [0, 0.1) is 0 Å². The average Bonchev–Trinajstić information content (AvgIpc) is 3.24. The van der Waals surface area contributed by atoms with Gasteiger partial charge in [0.1, 0.15) is 17.1 Å². The van der Waals surface area contributed by atoms with Crippen LogP contribution in [0.3, 0.4) is 0 Å². The Morgan fingerprint density at radius 2 is 1.45 bits per heavy atom. The average molecular weight is 757 g/mol. The van der Waals surface area contributed by atoms with Crippen LogP contribution in [0.15, 0.2) is 133 Å². The second-order valence-electron chi connectivity index (χ2n) is 14.2. The number of piperidine rings is 1. The first-order valence-corrected chi connectivity index (χ1v) is 19.0. The van der Waals surface area contributed by atoms with Crippen molar-refractivity contribution in [3.8, 4) is 11.5 Å². The maximum atomic E-state index is 13.1. The van der Waals surface area contributed by atoms with Gasteiger partial charge in [-0.15, -0.1) is 0 Å². The van der Waals surface area contributed by atoms with Crippen LogP contribution in [-0.2, 0) is 31.2 Å². The van der Waals surface area contributed by atoms with E-state index in [1.54, 1.807) is 19.1 Å². The van der Waals surface area contributed by atoms with Crippen LogP contribution >= 0.6 is 0 Å². The van der Waals surface area contributed by atoms with Gasteiger partial charge in [0.15, 0.2) is 6.61 Å². The zero-order valence-electron chi connectivity index (χ0n) is 32.0. The van der Waals surface area contributed by atoms with Gasteiger partial charge in [-0.1, -0.05) is 109 Å². The molecule has 0 radical (unpaired) electrons. The molecule has 0 aromatic heterocycles. The summed E-state index contributed by atoms with van der Waals surface area (Å²) >= 11 is 0. The van der Waals surface area contributed by atoms with E-state index in [2.05, 4.69) is 36.4 Å². The number of hydrogen-bond acceptors (Lipinski definition) is 7. The lowest BCUT2D eigenvalue weighted by molar-refractivity contribution is -0.143. The van der Waals surface area contributed by atoms with E-state index in [1.807, 2.05) is 104 Å². The van der Waals surface area contributed by atoms with Gasteiger partial charge in [0, 0.05) is 26.2 Å². The Hall–Kier alpha value is -5.68. The number of likely N-dealkylation sites (tertiary alicyclic amines) is 1. The Bertz CT molecular complexity index is 1970. The molecule has 0 aliphatic carbocycles. The minimum atomic E-state index is -1.12. The normalized spacial score (nSPS) is 19.6. The molecule has 2 amide bonds. The summed E-state index contributed by atoms with van der Waals surface area (Å²) in [5, 5.41) is 10.7. The molecule has 290 valence electrons. The van der Waals surface area contributed by atoms with Crippen LogP contribution in [0.1, 0.15) is 47.1 Å². The third-order valence-corrected chi connectivity index (χ3v) is 10.9. The summed E-state index contributed by atoms with van der Waals surface area (Å²) in [6.07, 6.45) is -1.72. The molecule has 1 fully saturated rings. The number of carbonyl (C=O) groups excluding carboxylic acids is 1. The van der Waals surface area contributed by atoms with Crippen molar-refractivity contribution >= 4 is 17.7 Å². The first kappa shape index (κ1) is 38.6. The SMILES string of the molecule is COCCCN1C(=O)COc2ccc(CO[C@H]3C(C)N(C(=O)O)C[C@@H](OC(c4ccccc4)(c4ccccc4)c4ccccc4)[C@H]3c3ccc(OC)cc3)cc21. The highest BCUT2D eigenvalue weighted by Crippen LogP contribution is 2.46. The Kier molecular flexibility index (Phi) is 12.0. The van der Waals surface area contributed by atoms with Gasteiger partial charge in [-0.3, -0.25) is 4.79 Å². The molecule has 4 atom stereocenters. The van der Waals surface area contributed by atoms with Crippen molar-refractivity contribution in [3.63, 3.8) is 0 Å². The van der Waals surface area contributed by atoms with E-state index >= 15 is 0 Å². The van der Waals surface area contributed by atoms with E-state index in [4.69, 9.17) is 23.7 Å². The van der Waals surface area contributed by atoms with Gasteiger partial charge in [0.05, 0.1) is 44.2 Å². The molecule has 1 saturated heterocycles. The monoisotopic (exact) mass is 756 g/mol. The van der Waals surface area contributed by atoms with Gasteiger partial charge in [0.25, 0.3) is 5.91 Å². The third kappa shape index (κ3) is 7.86. The molecule has 10 nitrogen and oxygen atoms in total. The summed E-state index contributed by atoms with van der Waals surface area (Å²) in [6.45, 7) is 3.12. The molecule has 0 saturated carbocycles. The number of rotatable bonds is 14. The highest BCUT2D eigenvalue weighted by Gasteiger charge is 2.50. The summed E-state index contributed by atoms with van der Waals surface area (Å²) in [6, 6.07) is 43.2. The number of hydrogen-bond donors (Lipinski definition) is 1. The molecule has 1 unspecified atom stereocenters. The van der Waals surface area contributed by atoms with Crippen LogP contribution in [0.2, 0.25) is 0 Å². The van der Waals surface area contributed by atoms with E-state index in [1.165, 1.54) is 4.90 Å². The van der Waals surface area contributed by atoms with Crippen molar-refractivity contribution in [2.24, 2.45) is 0 Å². The molecule has 10 heteroatoms. The number of carboxylic acid groups (broad SMARTS) is 1. The smallest absolute Gasteiger partial charge is 0.407 e. The predicted octanol–water partition coefficient (Wildman–Crippen LogP) is 7.89. The van der Waals surface area contributed by atoms with Crippen LogP contribution in [0.25, 0.3) is 0 Å². The van der Waals surface area contributed by atoms with Crippen molar-refractivity contribution in [3.05, 3.63) is 161 Å². The van der Waals surface area contributed by atoms with Crippen molar-refractivity contribution in [1.82, 2.24) is 4.90 Å². The summed E-state index contributed by atoms with van der Waals surface area (Å²) in [5.74, 6) is 0.781. The highest BCUT2D eigenvalue weighted by atomic mass is 16.5. The Labute approximate surface area is 328 Å². The predicted molar refractivity (Wildman–Crippen MR) is 213 cm³/mol. The summed E-state index contributed by atoms with van der Waals surface area (Å²) in [7, 11) is 3.27. The minimum absolute atomic E-state index is 0.0260. The third-order valence-electron chi connectivity index (χ3n) is 10.9. The molecule has 5 aromatic rings. The molecule has 2 aliphatic heterocycles. The van der Waals surface area contributed by atoms with E-state index in [0.717, 1.165) is 27.8 Å². The van der Waals surface area contributed by atoms with E-state index in [0.29, 0.717) is 36.8 Å². The van der Waals surface area contributed by atoms with Crippen LogP contribution in [0.4, 0.5) is 10.5 Å². The standard InChI is InChI=1S/C46H48N2O8/c1-32-44(55-30-33-20-25-40-39(28-33)47(26-13-27-52-2)42(49)31-54-40)43(34-21-23-38(53-3)24-22-34)41(29-48(32)45(50)51)56-46(35-14-7-4-8-15-35,36-16-9-5-10-17-36)37-18-11-6-12-19-37/h4-12,14-25,28,32,41,43-44H,13,26-27,29-31H2,1-3H3,(H,50,51)/t32?,41-,43-,44+/m1/s1. The fourth-order valence-corrected chi connectivity index (χ4v) is 8.09. The van der Waals surface area contributed by atoms with E-state index in [-0.39, 0.29) is 25.7 Å². The lowest BCUT2D eigenvalue weighted by Gasteiger charge is -2.50. The topological polar surface area (TPSA) is 107 Å². The quantitative estimate of drug-likeness (QED) is 0.0902. The molecule has 56 heavy (non-hydrogen) atoms. The number of carbonyl (C=O) groups is 2. The molecule has 0 bridgehead atoms. The highest BCUT2D eigenvalue weighted by molar-refractivity contribution is 5.97. The molecular weight excluding hydrogens is 709 g/mol. The number of anilines is 1. The van der Waals surface area contributed by atoms with Crippen molar-refractivity contribution < 1.29 is 38.4 Å².